The molecule has 7 nitrogen and oxygen atoms in total. The summed E-state index contributed by atoms with van der Waals surface area (Å²) in [7, 11) is 0. The predicted octanol–water partition coefficient (Wildman–Crippen LogP) is 2.47. The molecule has 1 aromatic heterocycles. The summed E-state index contributed by atoms with van der Waals surface area (Å²) in [5.74, 6) is -0.0179. The molecule has 2 heterocycles. The number of para-hydroxylation sites is 1. The number of morpholine rings is 1. The van der Waals surface area contributed by atoms with Gasteiger partial charge in [-0.05, 0) is 24.1 Å². The van der Waals surface area contributed by atoms with E-state index in [2.05, 4.69) is 0 Å². The van der Waals surface area contributed by atoms with Crippen molar-refractivity contribution in [2.75, 3.05) is 32.9 Å². The number of hydrogen-bond acceptors (Lipinski definition) is 6. The quantitative estimate of drug-likeness (QED) is 0.450. The molecule has 1 N–H and O–H groups in total. The fourth-order valence-electron chi connectivity index (χ4n) is 3.61. The van der Waals surface area contributed by atoms with E-state index in [9.17, 15) is 14.7 Å². The minimum Gasteiger partial charge on any atom is -0.396 e. The van der Waals surface area contributed by atoms with E-state index in [1.165, 1.54) is 11.8 Å². The fourth-order valence-corrected chi connectivity index (χ4v) is 4.81. The van der Waals surface area contributed by atoms with E-state index in [-0.39, 0.29) is 18.1 Å². The molecule has 0 radical (unpaired) electrons. The van der Waals surface area contributed by atoms with Crippen LogP contribution in [0.25, 0.3) is 10.9 Å². The van der Waals surface area contributed by atoms with Gasteiger partial charge in [-0.15, -0.1) is 0 Å². The average molecular weight is 440 g/mol. The molecule has 1 atom stereocenters. The second-order valence-electron chi connectivity index (χ2n) is 7.29. The number of fused-ring (bicyclic) bond motifs is 1. The first-order chi connectivity index (χ1) is 15.2. The van der Waals surface area contributed by atoms with Crippen LogP contribution in [0, 0.1) is 0 Å². The van der Waals surface area contributed by atoms with E-state index < -0.39 is 5.25 Å². The van der Waals surface area contributed by atoms with Crippen LogP contribution in [0.2, 0.25) is 0 Å². The lowest BCUT2D eigenvalue weighted by Gasteiger charge is -2.30. The molecule has 1 amide bonds. The molecule has 1 fully saturated rings. The van der Waals surface area contributed by atoms with Crippen LogP contribution in [-0.2, 0) is 16.1 Å². The van der Waals surface area contributed by atoms with Gasteiger partial charge >= 0.3 is 0 Å². The number of aliphatic hydroxyl groups is 1. The van der Waals surface area contributed by atoms with Crippen molar-refractivity contribution in [3.8, 4) is 0 Å². The van der Waals surface area contributed by atoms with Crippen LogP contribution in [0.15, 0.2) is 64.5 Å². The third kappa shape index (κ3) is 4.81. The Kier molecular flexibility index (Phi) is 7.01. The number of aliphatic hydroxyl groups excluding tert-OH is 1. The SMILES string of the molecule is O=C(C(Sc1nc2ccccc2c(=O)n1CCCO)c1ccccc1)N1CCOCC1. The Bertz CT molecular complexity index is 1100. The summed E-state index contributed by atoms with van der Waals surface area (Å²) in [5, 5.41) is 9.80. The third-order valence-electron chi connectivity index (χ3n) is 5.24. The number of ether oxygens (including phenoxy) is 1. The zero-order valence-corrected chi connectivity index (χ0v) is 18.0. The lowest BCUT2D eigenvalue weighted by atomic mass is 10.1. The van der Waals surface area contributed by atoms with E-state index in [4.69, 9.17) is 9.72 Å². The molecule has 1 saturated heterocycles. The third-order valence-corrected chi connectivity index (χ3v) is 6.47. The average Bonchev–Trinajstić information content (AvgIpc) is 2.83. The van der Waals surface area contributed by atoms with Gasteiger partial charge in [0, 0.05) is 26.2 Å². The molecule has 1 unspecified atom stereocenters. The molecule has 4 rings (SSSR count). The lowest BCUT2D eigenvalue weighted by Crippen LogP contribution is -2.42. The van der Waals surface area contributed by atoms with Crippen LogP contribution in [-0.4, -0.2) is 58.4 Å². The van der Waals surface area contributed by atoms with Crippen LogP contribution in [0.3, 0.4) is 0 Å². The molecule has 1 aliphatic rings. The van der Waals surface area contributed by atoms with Crippen LogP contribution in [0.4, 0.5) is 0 Å². The van der Waals surface area contributed by atoms with E-state index in [1.54, 1.807) is 16.7 Å². The molecule has 0 bridgehead atoms. The van der Waals surface area contributed by atoms with Crippen LogP contribution >= 0.6 is 11.8 Å². The summed E-state index contributed by atoms with van der Waals surface area (Å²) < 4.78 is 6.97. The number of carbonyl (C=O) groups is 1. The van der Waals surface area contributed by atoms with Gasteiger partial charge in [0.2, 0.25) is 5.91 Å². The number of hydrogen-bond donors (Lipinski definition) is 1. The maximum Gasteiger partial charge on any atom is 0.262 e. The maximum absolute atomic E-state index is 13.5. The van der Waals surface area contributed by atoms with Gasteiger partial charge in [-0.1, -0.05) is 54.2 Å². The minimum atomic E-state index is -0.535. The predicted molar refractivity (Wildman–Crippen MR) is 120 cm³/mol. The van der Waals surface area contributed by atoms with Gasteiger partial charge < -0.3 is 14.7 Å². The van der Waals surface area contributed by atoms with E-state index >= 15 is 0 Å². The van der Waals surface area contributed by atoms with Crippen molar-refractivity contribution in [3.05, 3.63) is 70.5 Å². The Morgan fingerprint density at radius 3 is 2.55 bits per heavy atom. The Morgan fingerprint density at radius 1 is 1.10 bits per heavy atom. The topological polar surface area (TPSA) is 84.7 Å². The highest BCUT2D eigenvalue weighted by atomic mass is 32.2. The highest BCUT2D eigenvalue weighted by Crippen LogP contribution is 2.36. The number of aromatic nitrogens is 2. The molecule has 162 valence electrons. The monoisotopic (exact) mass is 439 g/mol. The largest absolute Gasteiger partial charge is 0.396 e. The molecule has 1 aliphatic heterocycles. The number of rotatable bonds is 7. The normalized spacial score (nSPS) is 15.2. The molecule has 3 aromatic rings. The van der Waals surface area contributed by atoms with Gasteiger partial charge in [-0.3, -0.25) is 14.2 Å². The second kappa shape index (κ2) is 10.1. The molecule has 2 aromatic carbocycles. The highest BCUT2D eigenvalue weighted by Gasteiger charge is 2.30. The fraction of sp³-hybridized carbons (Fsp3) is 0.348. The van der Waals surface area contributed by atoms with Crippen molar-refractivity contribution >= 4 is 28.6 Å². The summed E-state index contributed by atoms with van der Waals surface area (Å²) in [4.78, 5) is 33.2. The van der Waals surface area contributed by atoms with Crippen molar-refractivity contribution in [2.45, 2.75) is 23.4 Å². The number of benzene rings is 2. The summed E-state index contributed by atoms with van der Waals surface area (Å²) in [6, 6.07) is 16.8. The molecule has 31 heavy (non-hydrogen) atoms. The van der Waals surface area contributed by atoms with Crippen LogP contribution in [0.1, 0.15) is 17.2 Å². The van der Waals surface area contributed by atoms with Crippen molar-refractivity contribution in [3.63, 3.8) is 0 Å². The van der Waals surface area contributed by atoms with Crippen LogP contribution in [0.5, 0.6) is 0 Å². The first kappa shape index (κ1) is 21.5. The van der Waals surface area contributed by atoms with E-state index in [0.717, 1.165) is 5.56 Å². The summed E-state index contributed by atoms with van der Waals surface area (Å²) >= 11 is 1.29. The molecule has 0 spiro atoms. The van der Waals surface area contributed by atoms with Crippen molar-refractivity contribution in [1.29, 1.82) is 0 Å². The minimum absolute atomic E-state index is 0.0179. The van der Waals surface area contributed by atoms with Crippen LogP contribution < -0.4 is 5.56 Å². The Balaban J connectivity index is 1.76. The standard InChI is InChI=1S/C23H25N3O4S/c27-14-6-11-26-21(28)18-9-4-5-10-19(18)24-23(26)31-20(17-7-2-1-3-8-17)22(29)25-12-15-30-16-13-25/h1-5,7-10,20,27H,6,11-16H2. The maximum atomic E-state index is 13.5. The summed E-state index contributed by atoms with van der Waals surface area (Å²) in [6.45, 7) is 2.44. The molecular formula is C23H25N3O4S. The van der Waals surface area contributed by atoms with E-state index in [1.807, 2.05) is 47.4 Å². The van der Waals surface area contributed by atoms with E-state index in [0.29, 0.717) is 55.3 Å². The zero-order valence-electron chi connectivity index (χ0n) is 17.1. The number of thioether (sulfide) groups is 1. The highest BCUT2D eigenvalue weighted by molar-refractivity contribution is 8.00. The van der Waals surface area contributed by atoms with Gasteiger partial charge in [0.25, 0.3) is 5.56 Å². The molecular weight excluding hydrogens is 414 g/mol. The zero-order chi connectivity index (χ0) is 21.6. The second-order valence-corrected chi connectivity index (χ2v) is 8.36. The first-order valence-electron chi connectivity index (χ1n) is 10.4. The van der Waals surface area contributed by atoms with Crippen molar-refractivity contribution < 1.29 is 14.6 Å². The van der Waals surface area contributed by atoms with Gasteiger partial charge in [0.1, 0.15) is 5.25 Å². The molecule has 0 aliphatic carbocycles. The Labute approximate surface area is 184 Å². The van der Waals surface area contributed by atoms with Gasteiger partial charge in [0.15, 0.2) is 5.16 Å². The summed E-state index contributed by atoms with van der Waals surface area (Å²) in [6.07, 6.45) is 0.431. The number of amides is 1. The van der Waals surface area contributed by atoms with Gasteiger partial charge in [0.05, 0.1) is 24.1 Å². The van der Waals surface area contributed by atoms with Gasteiger partial charge in [-0.25, -0.2) is 4.98 Å². The molecule has 8 heteroatoms. The van der Waals surface area contributed by atoms with Gasteiger partial charge in [-0.2, -0.15) is 0 Å². The Hall–Kier alpha value is -2.68. The number of nitrogens with zero attached hydrogens (tertiary/aromatic N) is 3. The number of carbonyl (C=O) groups excluding carboxylic acids is 1. The first-order valence-corrected chi connectivity index (χ1v) is 11.3. The summed E-state index contributed by atoms with van der Waals surface area (Å²) in [5.41, 5.74) is 1.30. The lowest BCUT2D eigenvalue weighted by molar-refractivity contribution is -0.134. The Morgan fingerprint density at radius 2 is 1.81 bits per heavy atom. The smallest absolute Gasteiger partial charge is 0.262 e. The molecule has 0 saturated carbocycles. The van der Waals surface area contributed by atoms with Crippen molar-refractivity contribution in [2.24, 2.45) is 0 Å². The van der Waals surface area contributed by atoms with Crippen molar-refractivity contribution in [1.82, 2.24) is 14.5 Å².